The van der Waals surface area contributed by atoms with E-state index in [1.54, 1.807) is 20.3 Å². The molecule has 0 radical (unpaired) electrons. The lowest BCUT2D eigenvalue weighted by Crippen LogP contribution is -2.08. The van der Waals surface area contributed by atoms with E-state index in [0.717, 1.165) is 23.1 Å². The smallest absolute Gasteiger partial charge is 0.307 e. The predicted molar refractivity (Wildman–Crippen MR) is 101 cm³/mol. The minimum atomic E-state index is -3.71. The normalized spacial score (nSPS) is 11.1. The number of methoxy groups -OCH3 is 2. The maximum atomic E-state index is 11.4. The van der Waals surface area contributed by atoms with Gasteiger partial charge < -0.3 is 13.7 Å². The molecule has 0 saturated heterocycles. The van der Waals surface area contributed by atoms with E-state index in [0.29, 0.717) is 17.0 Å². The number of benzene rings is 2. The highest BCUT2D eigenvalue weighted by molar-refractivity contribution is 7.86. The summed E-state index contributed by atoms with van der Waals surface area (Å²) in [5, 5.41) is 8.09. The molecule has 0 saturated carbocycles. The first kappa shape index (κ1) is 18.7. The minimum Gasteiger partial charge on any atom is -0.497 e. The van der Waals surface area contributed by atoms with E-state index in [2.05, 4.69) is 10.2 Å². The van der Waals surface area contributed by atoms with Crippen LogP contribution in [0.1, 0.15) is 0 Å². The monoisotopic (exact) mass is 386 g/mol. The van der Waals surface area contributed by atoms with Crippen molar-refractivity contribution in [3.8, 4) is 39.8 Å². The Hall–Kier alpha value is -3.13. The second-order valence-electron chi connectivity index (χ2n) is 5.69. The van der Waals surface area contributed by atoms with Crippen molar-refractivity contribution in [2.24, 2.45) is 0 Å². The first-order chi connectivity index (χ1) is 12.9. The number of hydrogen-bond donors (Lipinski definition) is 0. The van der Waals surface area contributed by atoms with Gasteiger partial charge in [0.05, 0.1) is 20.5 Å². The third-order valence-corrected chi connectivity index (χ3v) is 4.25. The van der Waals surface area contributed by atoms with E-state index in [-0.39, 0.29) is 5.88 Å². The lowest BCUT2D eigenvalue weighted by Gasteiger charge is -2.11. The molecule has 0 amide bonds. The molecule has 8 heteroatoms. The molecular weight excluding hydrogens is 368 g/mol. The summed E-state index contributed by atoms with van der Waals surface area (Å²) in [5.74, 6) is 1.33. The molecule has 7 nitrogen and oxygen atoms in total. The zero-order chi connectivity index (χ0) is 19.4. The fourth-order valence-electron chi connectivity index (χ4n) is 2.52. The fraction of sp³-hybridized carbons (Fsp3) is 0.158. The summed E-state index contributed by atoms with van der Waals surface area (Å²) in [6.45, 7) is 0. The molecule has 0 aliphatic carbocycles. The van der Waals surface area contributed by atoms with Gasteiger partial charge in [-0.1, -0.05) is 12.1 Å². The Bertz CT molecular complexity index is 1030. The molecule has 3 rings (SSSR count). The van der Waals surface area contributed by atoms with Crippen LogP contribution >= 0.6 is 0 Å². The van der Waals surface area contributed by atoms with Gasteiger partial charge in [0.1, 0.15) is 17.2 Å². The molecule has 140 valence electrons. The average molecular weight is 386 g/mol. The topological polar surface area (TPSA) is 87.6 Å². The summed E-state index contributed by atoms with van der Waals surface area (Å²) in [5.41, 5.74) is 2.88. The van der Waals surface area contributed by atoms with Crippen LogP contribution in [0.2, 0.25) is 0 Å². The Balaban J connectivity index is 2.12. The van der Waals surface area contributed by atoms with Crippen LogP contribution in [0.4, 0.5) is 0 Å². The Labute approximate surface area is 157 Å². The summed E-state index contributed by atoms with van der Waals surface area (Å²) < 4.78 is 38.1. The van der Waals surface area contributed by atoms with Crippen LogP contribution in [0.5, 0.6) is 17.4 Å². The second-order valence-corrected chi connectivity index (χ2v) is 7.26. The lowest BCUT2D eigenvalue weighted by molar-refractivity contribution is 0.414. The zero-order valence-corrected chi connectivity index (χ0v) is 15.9. The van der Waals surface area contributed by atoms with E-state index in [1.165, 1.54) is 0 Å². The highest BCUT2D eigenvalue weighted by Gasteiger charge is 2.15. The zero-order valence-electron chi connectivity index (χ0n) is 15.0. The van der Waals surface area contributed by atoms with E-state index in [1.807, 2.05) is 48.5 Å². The molecular formula is C19H18N2O5S. The van der Waals surface area contributed by atoms with Gasteiger partial charge in [0.2, 0.25) is 0 Å². The van der Waals surface area contributed by atoms with Crippen molar-refractivity contribution in [3.63, 3.8) is 0 Å². The maximum absolute atomic E-state index is 11.4. The molecule has 0 unspecified atom stereocenters. The Morgan fingerprint density at radius 3 is 1.78 bits per heavy atom. The van der Waals surface area contributed by atoms with Crippen molar-refractivity contribution in [2.45, 2.75) is 0 Å². The molecule has 0 atom stereocenters. The third kappa shape index (κ3) is 4.53. The number of rotatable bonds is 6. The minimum absolute atomic E-state index is 0.0967. The summed E-state index contributed by atoms with van der Waals surface area (Å²) in [6, 6.07) is 16.2. The molecule has 0 spiro atoms. The van der Waals surface area contributed by atoms with Gasteiger partial charge >= 0.3 is 10.1 Å². The van der Waals surface area contributed by atoms with Crippen molar-refractivity contribution in [1.29, 1.82) is 0 Å². The Kier molecular flexibility index (Phi) is 5.27. The number of ether oxygens (including phenoxy) is 2. The van der Waals surface area contributed by atoms with E-state index in [4.69, 9.17) is 13.7 Å². The predicted octanol–water partition coefficient (Wildman–Crippen LogP) is 3.17. The van der Waals surface area contributed by atoms with E-state index >= 15 is 0 Å². The quantitative estimate of drug-likeness (QED) is 0.601. The van der Waals surface area contributed by atoms with Gasteiger partial charge in [-0.15, -0.1) is 10.2 Å². The van der Waals surface area contributed by atoms with Gasteiger partial charge in [-0.3, -0.25) is 0 Å². The van der Waals surface area contributed by atoms with Crippen LogP contribution in [-0.4, -0.2) is 39.1 Å². The van der Waals surface area contributed by atoms with Gasteiger partial charge in [-0.25, -0.2) is 0 Å². The summed E-state index contributed by atoms with van der Waals surface area (Å²) >= 11 is 0. The van der Waals surface area contributed by atoms with E-state index < -0.39 is 10.1 Å². The second kappa shape index (κ2) is 7.63. The van der Waals surface area contributed by atoms with Crippen LogP contribution in [0.15, 0.2) is 54.6 Å². The van der Waals surface area contributed by atoms with Crippen molar-refractivity contribution in [3.05, 3.63) is 54.6 Å². The summed E-state index contributed by atoms with van der Waals surface area (Å²) in [4.78, 5) is 0. The Morgan fingerprint density at radius 1 is 0.778 bits per heavy atom. The van der Waals surface area contributed by atoms with Crippen LogP contribution in [-0.2, 0) is 10.1 Å². The first-order valence-corrected chi connectivity index (χ1v) is 9.77. The molecule has 3 aromatic rings. The molecule has 0 aliphatic heterocycles. The van der Waals surface area contributed by atoms with Gasteiger partial charge in [0.25, 0.3) is 5.88 Å². The molecule has 27 heavy (non-hydrogen) atoms. The SMILES string of the molecule is COc1ccc(-c2cc(OS(C)(=O)=O)nnc2-c2ccc(OC)cc2)cc1. The summed E-state index contributed by atoms with van der Waals surface area (Å²) in [6.07, 6.45) is 0.957. The molecule has 0 N–H and O–H groups in total. The lowest BCUT2D eigenvalue weighted by atomic mass is 10.00. The molecule has 1 heterocycles. The fourth-order valence-corrected chi connectivity index (χ4v) is 2.91. The summed E-state index contributed by atoms with van der Waals surface area (Å²) in [7, 11) is -0.533. The molecule has 2 aromatic carbocycles. The molecule has 1 aromatic heterocycles. The van der Waals surface area contributed by atoms with Crippen molar-refractivity contribution < 1.29 is 22.1 Å². The maximum Gasteiger partial charge on any atom is 0.307 e. The number of nitrogens with zero attached hydrogens (tertiary/aromatic N) is 2. The highest BCUT2D eigenvalue weighted by Crippen LogP contribution is 2.33. The van der Waals surface area contributed by atoms with Crippen LogP contribution in [0.25, 0.3) is 22.4 Å². The van der Waals surface area contributed by atoms with Crippen LogP contribution in [0.3, 0.4) is 0 Å². The van der Waals surface area contributed by atoms with Crippen molar-refractivity contribution in [2.75, 3.05) is 20.5 Å². The van der Waals surface area contributed by atoms with Crippen LogP contribution in [0, 0.1) is 0 Å². The standard InChI is InChI=1S/C19H18N2O5S/c1-24-15-8-4-13(5-9-15)17-12-18(26-27(3,22)23)20-21-19(17)14-6-10-16(25-2)11-7-14/h4-12H,1-3H3. The largest absolute Gasteiger partial charge is 0.497 e. The molecule has 0 bridgehead atoms. The average Bonchev–Trinajstić information content (AvgIpc) is 2.67. The van der Waals surface area contributed by atoms with Gasteiger partial charge in [0, 0.05) is 17.2 Å². The number of hydrogen-bond acceptors (Lipinski definition) is 7. The first-order valence-electron chi connectivity index (χ1n) is 7.95. The van der Waals surface area contributed by atoms with Crippen molar-refractivity contribution >= 4 is 10.1 Å². The van der Waals surface area contributed by atoms with Gasteiger partial charge in [-0.05, 0) is 42.0 Å². The molecule has 0 aliphatic rings. The van der Waals surface area contributed by atoms with Gasteiger partial charge in [-0.2, -0.15) is 8.42 Å². The van der Waals surface area contributed by atoms with E-state index in [9.17, 15) is 8.42 Å². The van der Waals surface area contributed by atoms with Crippen molar-refractivity contribution in [1.82, 2.24) is 10.2 Å². The molecule has 0 fully saturated rings. The Morgan fingerprint density at radius 2 is 1.30 bits per heavy atom. The van der Waals surface area contributed by atoms with Gasteiger partial charge in [0.15, 0.2) is 0 Å². The highest BCUT2D eigenvalue weighted by atomic mass is 32.2. The number of aromatic nitrogens is 2. The van der Waals surface area contributed by atoms with Crippen LogP contribution < -0.4 is 13.7 Å². The third-order valence-electron chi connectivity index (χ3n) is 3.77.